The van der Waals surface area contributed by atoms with E-state index in [1.807, 2.05) is 0 Å². The molecule has 5 aromatic carbocycles. The molecule has 0 saturated carbocycles. The zero-order chi connectivity index (χ0) is 23.9. The fourth-order valence-electron chi connectivity index (χ4n) is 7.51. The van der Waals surface area contributed by atoms with Crippen molar-refractivity contribution in [2.24, 2.45) is 0 Å². The van der Waals surface area contributed by atoms with E-state index in [0.717, 1.165) is 19.3 Å². The van der Waals surface area contributed by atoms with E-state index in [4.69, 9.17) is 0 Å². The molecule has 0 spiro atoms. The van der Waals surface area contributed by atoms with Crippen molar-refractivity contribution in [1.82, 2.24) is 0 Å². The molecular weight excluding hydrogens is 447 g/mol. The summed E-state index contributed by atoms with van der Waals surface area (Å²) < 4.78 is 0. The zero-order valence-corrected chi connectivity index (χ0v) is 21.6. The maximum atomic E-state index is 2.61. The Labute approximate surface area is 214 Å². The molecule has 2 heteroatoms. The molecule has 170 valence electrons. The monoisotopic (exact) mass is 474 g/mol. The summed E-state index contributed by atoms with van der Waals surface area (Å²) >= 11 is 0. The van der Waals surface area contributed by atoms with Gasteiger partial charge in [-0.1, -0.05) is 132 Å². The van der Waals surface area contributed by atoms with Crippen LogP contribution in [0, 0.1) is 0 Å². The lowest BCUT2D eigenvalue weighted by atomic mass is 9.28. The van der Waals surface area contributed by atoms with Crippen LogP contribution in [0.15, 0.2) is 109 Å². The molecule has 0 amide bonds. The van der Waals surface area contributed by atoms with Crippen LogP contribution in [-0.4, -0.2) is 14.8 Å². The molecule has 3 aliphatic rings. The molecule has 0 bridgehead atoms. The fourth-order valence-corrected chi connectivity index (χ4v) is 11.2. The van der Waals surface area contributed by atoms with Crippen LogP contribution >= 0.6 is 0 Å². The van der Waals surface area contributed by atoms with E-state index < -0.39 is 8.07 Å². The molecule has 0 saturated heterocycles. The Hall–Kier alpha value is -3.62. The summed E-state index contributed by atoms with van der Waals surface area (Å²) in [5.41, 5.74) is 14.1. The zero-order valence-electron chi connectivity index (χ0n) is 20.6. The van der Waals surface area contributed by atoms with Crippen LogP contribution in [0.4, 0.5) is 0 Å². The molecule has 0 radical (unpaired) electrons. The van der Waals surface area contributed by atoms with Gasteiger partial charge in [0.1, 0.15) is 8.07 Å². The van der Waals surface area contributed by atoms with Gasteiger partial charge in [0.2, 0.25) is 6.71 Å². The highest BCUT2D eigenvalue weighted by Gasteiger charge is 2.43. The average Bonchev–Trinajstić information content (AvgIpc) is 2.93. The summed E-state index contributed by atoms with van der Waals surface area (Å²) in [4.78, 5) is 0. The molecule has 3 aliphatic heterocycles. The highest BCUT2D eigenvalue weighted by molar-refractivity contribution is 7.10. The lowest BCUT2D eigenvalue weighted by molar-refractivity contribution is 1.10. The Morgan fingerprint density at radius 1 is 0.444 bits per heavy atom. The molecule has 8 rings (SSSR count). The van der Waals surface area contributed by atoms with Crippen molar-refractivity contribution in [3.8, 4) is 0 Å². The first kappa shape index (κ1) is 20.6. The molecule has 5 aromatic rings. The highest BCUT2D eigenvalue weighted by Crippen LogP contribution is 2.28. The van der Waals surface area contributed by atoms with Crippen LogP contribution in [-0.2, 0) is 19.3 Å². The SMILES string of the molecule is C[Si](c1ccccc1)(c1ccccc1)c1cc2c3c(c1)Cc1cccc4c1B3c1c(cccc1C2)C4. The van der Waals surface area contributed by atoms with Crippen molar-refractivity contribution >= 4 is 46.7 Å². The van der Waals surface area contributed by atoms with Crippen LogP contribution < -0.4 is 31.9 Å². The van der Waals surface area contributed by atoms with Crippen molar-refractivity contribution in [3.63, 3.8) is 0 Å². The van der Waals surface area contributed by atoms with Crippen molar-refractivity contribution in [1.29, 1.82) is 0 Å². The Kier molecular flexibility index (Phi) is 4.25. The third-order valence-electron chi connectivity index (χ3n) is 9.21. The second kappa shape index (κ2) is 7.44. The topological polar surface area (TPSA) is 0 Å². The molecule has 0 aliphatic carbocycles. The minimum atomic E-state index is -2.17. The Morgan fingerprint density at radius 2 is 0.833 bits per heavy atom. The van der Waals surface area contributed by atoms with Crippen LogP contribution in [0.1, 0.15) is 33.4 Å². The van der Waals surface area contributed by atoms with Gasteiger partial charge in [-0.2, -0.15) is 0 Å². The van der Waals surface area contributed by atoms with Gasteiger partial charge in [0, 0.05) is 0 Å². The molecular formula is C34H27BSi. The lowest BCUT2D eigenvalue weighted by Gasteiger charge is -2.40. The Bertz CT molecular complexity index is 1550. The van der Waals surface area contributed by atoms with Crippen LogP contribution in [0.25, 0.3) is 0 Å². The summed E-state index contributed by atoms with van der Waals surface area (Å²) in [6, 6.07) is 41.9. The van der Waals surface area contributed by atoms with Gasteiger partial charge in [0.25, 0.3) is 0 Å². The van der Waals surface area contributed by atoms with Gasteiger partial charge in [-0.3, -0.25) is 0 Å². The van der Waals surface area contributed by atoms with Gasteiger partial charge < -0.3 is 0 Å². The number of rotatable bonds is 3. The summed E-state index contributed by atoms with van der Waals surface area (Å²) in [6.07, 6.45) is 3.20. The van der Waals surface area contributed by atoms with Crippen molar-refractivity contribution in [2.75, 3.05) is 0 Å². The number of benzene rings is 5. The van der Waals surface area contributed by atoms with Gasteiger partial charge in [-0.25, -0.2) is 0 Å². The molecule has 0 atom stereocenters. The van der Waals surface area contributed by atoms with Gasteiger partial charge in [-0.05, 0) is 68.2 Å². The standard InChI is InChI=1S/C34H27BSi/c1-36(29-14-4-2-5-15-29,30-16-6-3-7-17-30)31-21-27-19-25-12-8-10-23-18-24-11-9-13-26-20-28(22-31)34(27)35(32(23)25)33(24)26/h2-17,21-22H,18-20H2,1H3. The normalized spacial score (nSPS) is 14.4. The molecule has 3 heterocycles. The molecule has 0 aromatic heterocycles. The summed E-state index contributed by atoms with van der Waals surface area (Å²) in [6.45, 7) is 2.97. The van der Waals surface area contributed by atoms with E-state index in [2.05, 4.69) is 116 Å². The second-order valence-electron chi connectivity index (χ2n) is 11.0. The van der Waals surface area contributed by atoms with E-state index in [0.29, 0.717) is 6.71 Å². The first-order valence-corrected chi connectivity index (χ1v) is 15.7. The smallest absolute Gasteiger partial charge is 0.0624 e. The van der Waals surface area contributed by atoms with Gasteiger partial charge in [-0.15, -0.1) is 0 Å². The molecule has 36 heavy (non-hydrogen) atoms. The maximum Gasteiger partial charge on any atom is 0.243 e. The van der Waals surface area contributed by atoms with E-state index >= 15 is 0 Å². The van der Waals surface area contributed by atoms with E-state index in [-0.39, 0.29) is 0 Å². The van der Waals surface area contributed by atoms with Gasteiger partial charge in [0.15, 0.2) is 0 Å². The maximum absolute atomic E-state index is 2.61. The molecule has 0 N–H and O–H groups in total. The highest BCUT2D eigenvalue weighted by atomic mass is 28.3. The second-order valence-corrected chi connectivity index (χ2v) is 15.0. The van der Waals surface area contributed by atoms with Crippen LogP contribution in [0.3, 0.4) is 0 Å². The molecule has 0 nitrogen and oxygen atoms in total. The summed E-state index contributed by atoms with van der Waals surface area (Å²) in [5.74, 6) is 0. The summed E-state index contributed by atoms with van der Waals surface area (Å²) in [5, 5.41) is 4.51. The third-order valence-corrected chi connectivity index (χ3v) is 13.6. The largest absolute Gasteiger partial charge is 0.243 e. The minimum Gasteiger partial charge on any atom is -0.0624 e. The third kappa shape index (κ3) is 2.71. The first-order valence-electron chi connectivity index (χ1n) is 13.2. The number of hydrogen-bond donors (Lipinski definition) is 0. The summed E-state index contributed by atoms with van der Waals surface area (Å²) in [7, 11) is -2.17. The first-order chi connectivity index (χ1) is 17.7. The van der Waals surface area contributed by atoms with E-state index in [1.54, 1.807) is 43.8 Å². The molecule has 0 unspecified atom stereocenters. The van der Waals surface area contributed by atoms with E-state index in [9.17, 15) is 0 Å². The number of hydrogen-bond acceptors (Lipinski definition) is 0. The average molecular weight is 474 g/mol. The van der Waals surface area contributed by atoms with Crippen LogP contribution in [0.5, 0.6) is 0 Å². The predicted octanol–water partition coefficient (Wildman–Crippen LogP) is 3.02. The Balaban J connectivity index is 1.41. The fraction of sp³-hybridized carbons (Fsp3) is 0.118. The van der Waals surface area contributed by atoms with Gasteiger partial charge >= 0.3 is 0 Å². The predicted molar refractivity (Wildman–Crippen MR) is 156 cm³/mol. The Morgan fingerprint density at radius 3 is 1.28 bits per heavy atom. The van der Waals surface area contributed by atoms with Crippen LogP contribution in [0.2, 0.25) is 6.55 Å². The van der Waals surface area contributed by atoms with Crippen molar-refractivity contribution in [3.05, 3.63) is 143 Å². The molecule has 0 fully saturated rings. The minimum absolute atomic E-state index is 0.416. The lowest BCUT2D eigenvalue weighted by Crippen LogP contribution is -2.68. The van der Waals surface area contributed by atoms with E-state index in [1.165, 1.54) is 21.5 Å². The van der Waals surface area contributed by atoms with Gasteiger partial charge in [0.05, 0.1) is 0 Å². The quantitative estimate of drug-likeness (QED) is 0.273. The van der Waals surface area contributed by atoms with Crippen molar-refractivity contribution in [2.45, 2.75) is 25.8 Å². The van der Waals surface area contributed by atoms with Crippen molar-refractivity contribution < 1.29 is 0 Å².